The summed E-state index contributed by atoms with van der Waals surface area (Å²) in [7, 11) is 0. The smallest absolute Gasteiger partial charge is 0.254 e. The summed E-state index contributed by atoms with van der Waals surface area (Å²) in [5.74, 6) is 0.245. The van der Waals surface area contributed by atoms with Crippen molar-refractivity contribution in [3.8, 4) is 0 Å². The number of rotatable bonds is 1. The number of hydrogen-bond donors (Lipinski definition) is 0. The summed E-state index contributed by atoms with van der Waals surface area (Å²) in [5.41, 5.74) is 2.51. The number of hydrogen-bond acceptors (Lipinski definition) is 2. The van der Waals surface area contributed by atoms with E-state index in [0.717, 1.165) is 29.7 Å². The molecule has 1 aliphatic heterocycles. The van der Waals surface area contributed by atoms with E-state index in [1.807, 2.05) is 62.6 Å². The molecular weight excluding hydrogens is 288 g/mol. The van der Waals surface area contributed by atoms with Gasteiger partial charge in [-0.1, -0.05) is 38.5 Å². The van der Waals surface area contributed by atoms with Gasteiger partial charge in [-0.2, -0.15) is 0 Å². The lowest BCUT2D eigenvalue weighted by Gasteiger charge is -2.28. The van der Waals surface area contributed by atoms with Crippen LogP contribution in [0.2, 0.25) is 0 Å². The molecule has 0 saturated carbocycles. The molecule has 23 heavy (non-hydrogen) atoms. The topological polar surface area (TPSA) is 40.6 Å². The van der Waals surface area contributed by atoms with Gasteiger partial charge in [-0.05, 0) is 31.9 Å². The molecule has 0 spiro atoms. The van der Waals surface area contributed by atoms with Crippen molar-refractivity contribution in [2.45, 2.75) is 41.0 Å². The number of carbonyl (C=O) groups is 2. The van der Waals surface area contributed by atoms with Crippen molar-refractivity contribution in [3.05, 3.63) is 34.9 Å². The van der Waals surface area contributed by atoms with Crippen LogP contribution < -0.4 is 0 Å². The molecule has 0 unspecified atom stereocenters. The van der Waals surface area contributed by atoms with Crippen LogP contribution in [0.4, 0.5) is 0 Å². The summed E-state index contributed by atoms with van der Waals surface area (Å²) in [6.45, 7) is 12.5. The van der Waals surface area contributed by atoms with Gasteiger partial charge in [-0.3, -0.25) is 9.59 Å². The molecule has 0 aliphatic carbocycles. The second-order valence-electron chi connectivity index (χ2n) is 7.51. The fraction of sp³-hybridized carbons (Fsp3) is 0.579. The van der Waals surface area contributed by atoms with Crippen LogP contribution in [-0.4, -0.2) is 47.8 Å². The Bertz CT molecular complexity index is 602. The first kappa shape index (κ1) is 17.5. The van der Waals surface area contributed by atoms with Gasteiger partial charge >= 0.3 is 0 Å². The Kier molecular flexibility index (Phi) is 5.12. The molecule has 2 rings (SSSR count). The first-order valence-electron chi connectivity index (χ1n) is 8.36. The molecule has 1 fully saturated rings. The van der Waals surface area contributed by atoms with E-state index in [4.69, 9.17) is 0 Å². The number of carbonyl (C=O) groups excluding carboxylic acids is 2. The normalized spacial score (nSPS) is 16.2. The molecular formula is C19H28N2O2. The Morgan fingerprint density at radius 1 is 0.957 bits per heavy atom. The molecule has 4 nitrogen and oxygen atoms in total. The van der Waals surface area contributed by atoms with E-state index < -0.39 is 0 Å². The van der Waals surface area contributed by atoms with E-state index >= 15 is 0 Å². The number of nitrogens with zero attached hydrogens (tertiary/aromatic N) is 2. The van der Waals surface area contributed by atoms with Gasteiger partial charge in [-0.25, -0.2) is 0 Å². The summed E-state index contributed by atoms with van der Waals surface area (Å²) in [6.07, 6.45) is 0.832. The molecule has 2 amide bonds. The zero-order valence-corrected chi connectivity index (χ0v) is 15.0. The van der Waals surface area contributed by atoms with Crippen LogP contribution in [0, 0.1) is 19.3 Å². The highest BCUT2D eigenvalue weighted by Crippen LogP contribution is 2.20. The van der Waals surface area contributed by atoms with E-state index in [0.29, 0.717) is 19.6 Å². The largest absolute Gasteiger partial charge is 0.340 e. The molecule has 0 radical (unpaired) electrons. The van der Waals surface area contributed by atoms with Gasteiger partial charge in [0.2, 0.25) is 5.91 Å². The summed E-state index contributed by atoms with van der Waals surface area (Å²) < 4.78 is 0. The van der Waals surface area contributed by atoms with Crippen LogP contribution in [0.3, 0.4) is 0 Å². The lowest BCUT2D eigenvalue weighted by atomic mass is 9.94. The van der Waals surface area contributed by atoms with Crippen molar-refractivity contribution in [3.63, 3.8) is 0 Å². The van der Waals surface area contributed by atoms with Crippen LogP contribution in [0.25, 0.3) is 0 Å². The van der Waals surface area contributed by atoms with Gasteiger partial charge in [0, 0.05) is 37.2 Å². The molecule has 0 bridgehead atoms. The molecule has 0 N–H and O–H groups in total. The van der Waals surface area contributed by atoms with E-state index in [1.54, 1.807) is 0 Å². The van der Waals surface area contributed by atoms with Crippen molar-refractivity contribution in [2.24, 2.45) is 5.41 Å². The average molecular weight is 316 g/mol. The summed E-state index contributed by atoms with van der Waals surface area (Å²) in [4.78, 5) is 29.0. The molecule has 126 valence electrons. The third-order valence-electron chi connectivity index (χ3n) is 4.34. The Morgan fingerprint density at radius 2 is 1.57 bits per heavy atom. The van der Waals surface area contributed by atoms with E-state index in [9.17, 15) is 9.59 Å². The SMILES string of the molecule is Cc1ccc(C)c(C(=O)N2CCCN(C(=O)C(C)(C)C)CC2)c1. The minimum Gasteiger partial charge on any atom is -0.340 e. The van der Waals surface area contributed by atoms with Crippen LogP contribution in [0.1, 0.15) is 48.7 Å². The van der Waals surface area contributed by atoms with Crippen LogP contribution in [0.5, 0.6) is 0 Å². The van der Waals surface area contributed by atoms with Gasteiger partial charge in [-0.15, -0.1) is 0 Å². The van der Waals surface area contributed by atoms with Gasteiger partial charge in [0.25, 0.3) is 5.91 Å². The van der Waals surface area contributed by atoms with Gasteiger partial charge < -0.3 is 9.80 Å². The zero-order chi connectivity index (χ0) is 17.2. The maximum Gasteiger partial charge on any atom is 0.254 e. The molecule has 0 aromatic heterocycles. The summed E-state index contributed by atoms with van der Waals surface area (Å²) in [5, 5.41) is 0. The van der Waals surface area contributed by atoms with Crippen molar-refractivity contribution in [2.75, 3.05) is 26.2 Å². The van der Waals surface area contributed by atoms with Crippen LogP contribution in [0.15, 0.2) is 18.2 Å². The van der Waals surface area contributed by atoms with E-state index in [2.05, 4.69) is 0 Å². The maximum atomic E-state index is 12.8. The molecule has 1 aliphatic rings. The van der Waals surface area contributed by atoms with Crippen molar-refractivity contribution >= 4 is 11.8 Å². The molecule has 1 aromatic carbocycles. The summed E-state index contributed by atoms with van der Waals surface area (Å²) in [6, 6.07) is 5.98. The second-order valence-corrected chi connectivity index (χ2v) is 7.51. The number of amides is 2. The fourth-order valence-electron chi connectivity index (χ4n) is 2.93. The predicted molar refractivity (Wildman–Crippen MR) is 92.5 cm³/mol. The Morgan fingerprint density at radius 3 is 2.22 bits per heavy atom. The molecule has 1 heterocycles. The zero-order valence-electron chi connectivity index (χ0n) is 15.0. The molecule has 1 aromatic rings. The van der Waals surface area contributed by atoms with E-state index in [1.165, 1.54) is 0 Å². The second kappa shape index (κ2) is 6.73. The highest BCUT2D eigenvalue weighted by Gasteiger charge is 2.29. The first-order chi connectivity index (χ1) is 10.7. The predicted octanol–water partition coefficient (Wildman–Crippen LogP) is 3.02. The minimum absolute atomic E-state index is 0.0799. The molecule has 0 atom stereocenters. The Labute approximate surface area is 139 Å². The standard InChI is InChI=1S/C19H28N2O2/c1-14-7-8-15(2)16(13-14)17(22)20-9-6-10-21(12-11-20)18(23)19(3,4)5/h7-8,13H,6,9-12H2,1-5H3. The lowest BCUT2D eigenvalue weighted by Crippen LogP contribution is -2.42. The highest BCUT2D eigenvalue weighted by atomic mass is 16.2. The van der Waals surface area contributed by atoms with Crippen LogP contribution >= 0.6 is 0 Å². The Hall–Kier alpha value is -1.84. The number of aryl methyl sites for hydroxylation is 2. The maximum absolute atomic E-state index is 12.8. The third-order valence-corrected chi connectivity index (χ3v) is 4.34. The minimum atomic E-state index is -0.369. The van der Waals surface area contributed by atoms with Gasteiger partial charge in [0.1, 0.15) is 0 Å². The third kappa shape index (κ3) is 4.12. The first-order valence-corrected chi connectivity index (χ1v) is 8.36. The van der Waals surface area contributed by atoms with Crippen molar-refractivity contribution < 1.29 is 9.59 Å². The monoisotopic (exact) mass is 316 g/mol. The molecule has 1 saturated heterocycles. The lowest BCUT2D eigenvalue weighted by molar-refractivity contribution is -0.139. The fourth-order valence-corrected chi connectivity index (χ4v) is 2.93. The van der Waals surface area contributed by atoms with E-state index in [-0.39, 0.29) is 17.2 Å². The number of benzene rings is 1. The Balaban J connectivity index is 2.10. The van der Waals surface area contributed by atoms with Crippen molar-refractivity contribution in [1.29, 1.82) is 0 Å². The molecule has 4 heteroatoms. The van der Waals surface area contributed by atoms with Gasteiger partial charge in [0.05, 0.1) is 0 Å². The van der Waals surface area contributed by atoms with Crippen molar-refractivity contribution in [1.82, 2.24) is 9.80 Å². The van der Waals surface area contributed by atoms with Gasteiger partial charge in [0.15, 0.2) is 0 Å². The van der Waals surface area contributed by atoms with Crippen LogP contribution in [-0.2, 0) is 4.79 Å². The highest BCUT2D eigenvalue weighted by molar-refractivity contribution is 5.96. The summed E-state index contributed by atoms with van der Waals surface area (Å²) >= 11 is 0. The average Bonchev–Trinajstić information content (AvgIpc) is 2.73. The quantitative estimate of drug-likeness (QED) is 0.799.